The Labute approximate surface area is 254 Å². The van der Waals surface area contributed by atoms with Crippen molar-refractivity contribution in [1.29, 1.82) is 0 Å². The zero-order chi connectivity index (χ0) is 30.7. The second-order valence-electron chi connectivity index (χ2n) is 10.9. The van der Waals surface area contributed by atoms with Gasteiger partial charge < -0.3 is 10.0 Å². The molecule has 3 amide bonds. The number of rotatable bonds is 8. The van der Waals surface area contributed by atoms with Crippen LogP contribution in [-0.2, 0) is 6.54 Å². The van der Waals surface area contributed by atoms with Gasteiger partial charge in [0.05, 0.1) is 6.10 Å². The van der Waals surface area contributed by atoms with Gasteiger partial charge in [0.1, 0.15) is 0 Å². The summed E-state index contributed by atoms with van der Waals surface area (Å²) < 4.78 is 71.8. The first kappa shape index (κ1) is 31.7. The first-order valence-electron chi connectivity index (χ1n) is 14.3. The number of likely N-dealkylation sites (tertiary alicyclic amines) is 1. The van der Waals surface area contributed by atoms with Crippen LogP contribution in [0.25, 0.3) is 0 Å². The van der Waals surface area contributed by atoms with Crippen LogP contribution in [0.15, 0.2) is 30.3 Å². The molecular weight excluding hydrogens is 688 g/mol. The quantitative estimate of drug-likeness (QED) is 0.210. The fourth-order valence-electron chi connectivity index (χ4n) is 5.32. The van der Waals surface area contributed by atoms with E-state index in [0.29, 0.717) is 44.8 Å². The summed E-state index contributed by atoms with van der Waals surface area (Å²) in [4.78, 5) is 30.6. The number of benzene rings is 2. The predicted octanol–water partition coefficient (Wildman–Crippen LogP) is 4.65. The second kappa shape index (κ2) is 13.5. The van der Waals surface area contributed by atoms with E-state index in [2.05, 4.69) is 10.6 Å². The van der Waals surface area contributed by atoms with E-state index >= 15 is 4.39 Å². The van der Waals surface area contributed by atoms with Crippen LogP contribution in [0, 0.1) is 15.2 Å². The molecule has 2 aromatic rings. The molecule has 43 heavy (non-hydrogen) atoms. The summed E-state index contributed by atoms with van der Waals surface area (Å²) in [6.07, 6.45) is -4.04. The maximum absolute atomic E-state index is 15.1. The number of piperazine rings is 1. The Morgan fingerprint density at radius 2 is 1.74 bits per heavy atom. The Morgan fingerprint density at radius 3 is 2.37 bits per heavy atom. The first-order valence-corrected chi connectivity index (χ1v) is 18.4. The van der Waals surface area contributed by atoms with Crippen molar-refractivity contribution in [3.05, 3.63) is 56.7 Å². The summed E-state index contributed by atoms with van der Waals surface area (Å²) in [5, 5.41) is 14.8. The summed E-state index contributed by atoms with van der Waals surface area (Å²) in [6.45, 7) is 1.99. The molecule has 0 spiro atoms. The Bertz CT molecular complexity index is 1330. The number of carbonyl (C=O) groups is 2. The van der Waals surface area contributed by atoms with Gasteiger partial charge in [0.2, 0.25) is 0 Å². The van der Waals surface area contributed by atoms with Crippen molar-refractivity contribution in [1.82, 2.24) is 15.1 Å². The molecule has 3 fully saturated rings. The van der Waals surface area contributed by atoms with Crippen LogP contribution in [-0.4, -0.2) is 93.8 Å². The minimum atomic E-state index is -4.21. The van der Waals surface area contributed by atoms with E-state index in [1.807, 2.05) is 17.0 Å². The number of anilines is 2. The Balaban J connectivity index is 1.27. The van der Waals surface area contributed by atoms with Gasteiger partial charge in [0, 0.05) is 13.1 Å². The van der Waals surface area contributed by atoms with Gasteiger partial charge in [-0.05, 0) is 6.42 Å². The van der Waals surface area contributed by atoms with E-state index in [1.54, 1.807) is 11.0 Å². The molecule has 3 heterocycles. The summed E-state index contributed by atoms with van der Waals surface area (Å²) >= 11 is -1.26. The summed E-state index contributed by atoms with van der Waals surface area (Å²) in [5.74, 6) is -3.41. The van der Waals surface area contributed by atoms with Crippen LogP contribution in [0.5, 0.6) is 0 Å². The number of hydrogen-bond donors (Lipinski definition) is 3. The first-order chi connectivity index (χ1) is 20.5. The molecule has 0 saturated carbocycles. The van der Waals surface area contributed by atoms with Crippen molar-refractivity contribution < 1.29 is 36.6 Å². The predicted molar refractivity (Wildman–Crippen MR) is 162 cm³/mol. The molecule has 2 aromatic carbocycles. The molecule has 3 aliphatic heterocycles. The molecule has 0 bridgehead atoms. The SMILES string of the molecule is O=C(Nc1ccc(I2CCC2)cc1N1CCN(CCC(F)(F)F)CC1)c1ccc(CNC(=O)N2CC[C@@H](O)C2)c(F)c1F. The van der Waals surface area contributed by atoms with Crippen molar-refractivity contribution in [2.45, 2.75) is 38.1 Å². The molecule has 8 nitrogen and oxygen atoms in total. The maximum atomic E-state index is 15.1. The summed E-state index contributed by atoms with van der Waals surface area (Å²) in [7, 11) is 0. The average molecular weight is 724 g/mol. The van der Waals surface area contributed by atoms with E-state index in [0.717, 1.165) is 5.69 Å². The zero-order valence-electron chi connectivity index (χ0n) is 23.5. The summed E-state index contributed by atoms with van der Waals surface area (Å²) in [5.41, 5.74) is 0.550. The number of nitrogens with one attached hydrogen (secondary N) is 2. The van der Waals surface area contributed by atoms with Gasteiger partial charge in [0.25, 0.3) is 0 Å². The van der Waals surface area contributed by atoms with E-state index < -0.39 is 67.7 Å². The Hall–Kier alpha value is -2.72. The van der Waals surface area contributed by atoms with Crippen LogP contribution in [0.4, 0.5) is 38.1 Å². The van der Waals surface area contributed by atoms with Gasteiger partial charge in [-0.1, -0.05) is 0 Å². The summed E-state index contributed by atoms with van der Waals surface area (Å²) in [6, 6.07) is 7.73. The molecular formula is C29H35F5IN5O3. The Morgan fingerprint density at radius 1 is 1.00 bits per heavy atom. The fourth-order valence-corrected chi connectivity index (χ4v) is 9.52. The average Bonchev–Trinajstić information content (AvgIpc) is 3.38. The molecule has 0 radical (unpaired) electrons. The van der Waals surface area contributed by atoms with E-state index in [1.165, 1.54) is 35.9 Å². The number of urea groups is 1. The molecule has 3 N–H and O–H groups in total. The van der Waals surface area contributed by atoms with Gasteiger partial charge in [-0.2, -0.15) is 0 Å². The molecule has 1 atom stereocenters. The monoisotopic (exact) mass is 723 g/mol. The van der Waals surface area contributed by atoms with Crippen LogP contribution in [0.2, 0.25) is 0 Å². The molecule has 3 saturated heterocycles. The molecule has 0 unspecified atom stereocenters. The van der Waals surface area contributed by atoms with Crippen molar-refractivity contribution in [2.75, 3.05) is 64.9 Å². The van der Waals surface area contributed by atoms with Crippen LogP contribution in [0.1, 0.15) is 35.2 Å². The number of nitrogens with zero attached hydrogens (tertiary/aromatic N) is 3. The van der Waals surface area contributed by atoms with Gasteiger partial charge in [-0.15, -0.1) is 0 Å². The van der Waals surface area contributed by atoms with Crippen LogP contribution < -0.4 is 15.5 Å². The molecule has 14 heteroatoms. The van der Waals surface area contributed by atoms with Gasteiger partial charge >= 0.3 is 214 Å². The third-order valence-corrected chi connectivity index (χ3v) is 14.5. The standard InChI is InChI=1S/C29H35F5IN5O3/c30-25-19(17-36-28(43)40-10-6-21(41)18-40)2-4-22(26(25)31)27(42)37-23-5-3-20(35-8-1-9-35)16-24(23)39-14-12-38(13-15-39)11-7-29(32,33)34/h2-5,16,21,41H,1,6-15,17-18H2,(H,36,43)(H,37,42)/t21-/m1/s1. The van der Waals surface area contributed by atoms with E-state index in [4.69, 9.17) is 0 Å². The Kier molecular flexibility index (Phi) is 9.96. The molecule has 0 aromatic heterocycles. The van der Waals surface area contributed by atoms with Crippen molar-refractivity contribution in [3.63, 3.8) is 0 Å². The van der Waals surface area contributed by atoms with Crippen molar-refractivity contribution >= 4 is 43.1 Å². The molecule has 0 aliphatic carbocycles. The molecule has 3 aliphatic rings. The number of β-amino-alcohol motifs (C(OH)–C–C–N with tert-alkyl or cyclic N) is 1. The van der Waals surface area contributed by atoms with Gasteiger partial charge in [-0.3, -0.25) is 0 Å². The number of amides is 3. The van der Waals surface area contributed by atoms with Gasteiger partial charge in [-0.25, -0.2) is 4.79 Å². The molecule has 236 valence electrons. The normalized spacial score (nSPS) is 20.2. The van der Waals surface area contributed by atoms with E-state index in [9.17, 15) is 32.3 Å². The topological polar surface area (TPSA) is 88.2 Å². The van der Waals surface area contributed by atoms with Crippen molar-refractivity contribution in [2.24, 2.45) is 0 Å². The van der Waals surface area contributed by atoms with Crippen LogP contribution >= 0.6 is 19.8 Å². The number of hydrogen-bond acceptors (Lipinski definition) is 5. The number of halogens is 6. The number of carbonyl (C=O) groups excluding carboxylic acids is 2. The number of alkyl halides is 5. The minimum absolute atomic E-state index is 0.0667. The molecule has 5 rings (SSSR count). The van der Waals surface area contributed by atoms with Crippen LogP contribution in [0.3, 0.4) is 0 Å². The van der Waals surface area contributed by atoms with E-state index in [-0.39, 0.29) is 25.2 Å². The third kappa shape index (κ3) is 7.87. The third-order valence-electron chi connectivity index (χ3n) is 7.95. The fraction of sp³-hybridized carbons (Fsp3) is 0.517. The number of aliphatic hydroxyl groups is 1. The second-order valence-corrected chi connectivity index (χ2v) is 17.0. The zero-order valence-corrected chi connectivity index (χ0v) is 25.7. The van der Waals surface area contributed by atoms with Crippen molar-refractivity contribution in [3.8, 4) is 0 Å². The number of aliphatic hydroxyl groups excluding tert-OH is 1. The van der Waals surface area contributed by atoms with Gasteiger partial charge in [0.15, 0.2) is 0 Å².